The highest BCUT2D eigenvalue weighted by Gasteiger charge is 2.30. The Balaban J connectivity index is 0. The molecule has 0 fully saturated rings. The van der Waals surface area contributed by atoms with E-state index in [2.05, 4.69) is 34.6 Å². The number of rotatable bonds is 14. The molecule has 0 heterocycles. The molecule has 0 aromatic rings. The van der Waals surface area contributed by atoms with E-state index in [-0.39, 0.29) is 8.41 Å². The van der Waals surface area contributed by atoms with Crippen molar-refractivity contribution >= 4 is 8.41 Å². The summed E-state index contributed by atoms with van der Waals surface area (Å²) < 4.78 is 0.904. The molecule has 0 aromatic carbocycles. The molecule has 21 heavy (non-hydrogen) atoms. The van der Waals surface area contributed by atoms with Gasteiger partial charge >= 0.3 is 0 Å². The molecule has 2 nitrogen and oxygen atoms in total. The molecule has 0 bridgehead atoms. The Morgan fingerprint density at radius 1 is 0.667 bits per heavy atom. The van der Waals surface area contributed by atoms with Crippen molar-refractivity contribution in [1.29, 1.82) is 0 Å². The predicted octanol–water partition coefficient (Wildman–Crippen LogP) is 4.26. The third-order valence-corrected chi connectivity index (χ3v) is 4.03. The summed E-state index contributed by atoms with van der Waals surface area (Å²) in [5.41, 5.74) is 0. The van der Waals surface area contributed by atoms with Gasteiger partial charge in [0.1, 0.15) is 25.7 Å². The predicted molar refractivity (Wildman–Crippen MR) is 101 cm³/mol. The maximum atomic E-state index is 6.70. The highest BCUT2D eigenvalue weighted by molar-refractivity contribution is 5.75. The van der Waals surface area contributed by atoms with Crippen LogP contribution in [0.5, 0.6) is 0 Å². The molecule has 0 amide bonds. The second-order valence-electron chi connectivity index (χ2n) is 6.24. The van der Waals surface area contributed by atoms with Gasteiger partial charge < -0.3 is 0 Å². The SMILES string of the molecule is CCCCC(CCCC)O[N+](CCC)(CCC)CCC.[BH4-]. The van der Waals surface area contributed by atoms with E-state index in [0.717, 1.165) is 4.65 Å². The first-order valence-electron chi connectivity index (χ1n) is 9.22. The molecule has 0 atom stereocenters. The summed E-state index contributed by atoms with van der Waals surface area (Å²) >= 11 is 0. The Labute approximate surface area is 136 Å². The fraction of sp³-hybridized carbons (Fsp3) is 1.00. The van der Waals surface area contributed by atoms with Crippen LogP contribution in [0.3, 0.4) is 0 Å². The van der Waals surface area contributed by atoms with Gasteiger partial charge in [0.25, 0.3) is 0 Å². The summed E-state index contributed by atoms with van der Waals surface area (Å²) in [6, 6.07) is 0. The summed E-state index contributed by atoms with van der Waals surface area (Å²) in [7, 11) is 0. The summed E-state index contributed by atoms with van der Waals surface area (Å²) in [5.74, 6) is 0. The Morgan fingerprint density at radius 2 is 1.05 bits per heavy atom. The smallest absolute Gasteiger partial charge is 0.117 e. The molecule has 0 unspecified atom stereocenters. The number of nitrogens with zero attached hydrogens (tertiary/aromatic N) is 1. The van der Waals surface area contributed by atoms with Gasteiger partial charge in [-0.2, -0.15) is 9.48 Å². The van der Waals surface area contributed by atoms with Crippen LogP contribution in [-0.4, -0.2) is 38.8 Å². The minimum absolute atomic E-state index is 0. The third kappa shape index (κ3) is 10.4. The number of hydrogen-bond donors (Lipinski definition) is 0. The Hall–Kier alpha value is -0.0151. The van der Waals surface area contributed by atoms with Gasteiger partial charge in [0.05, 0.1) is 0 Å². The molecule has 0 aromatic heterocycles. The molecular formula is C18H44BNO. The van der Waals surface area contributed by atoms with Crippen LogP contribution in [0.2, 0.25) is 0 Å². The van der Waals surface area contributed by atoms with E-state index in [1.807, 2.05) is 0 Å². The molecule has 0 saturated heterocycles. The van der Waals surface area contributed by atoms with E-state index in [0.29, 0.717) is 6.10 Å². The maximum absolute atomic E-state index is 6.70. The highest BCUT2D eigenvalue weighted by atomic mass is 16.7. The molecule has 0 spiro atoms. The lowest BCUT2D eigenvalue weighted by atomic mass is 10.1. The van der Waals surface area contributed by atoms with E-state index in [4.69, 9.17) is 4.84 Å². The molecule has 0 rings (SSSR count). The van der Waals surface area contributed by atoms with Crippen molar-refractivity contribution in [3.8, 4) is 0 Å². The van der Waals surface area contributed by atoms with Gasteiger partial charge in [0.2, 0.25) is 0 Å². The van der Waals surface area contributed by atoms with E-state index < -0.39 is 0 Å². The second kappa shape index (κ2) is 14.9. The van der Waals surface area contributed by atoms with Crippen LogP contribution in [-0.2, 0) is 4.84 Å². The van der Waals surface area contributed by atoms with E-state index >= 15 is 0 Å². The van der Waals surface area contributed by atoms with Crippen molar-refractivity contribution in [3.05, 3.63) is 0 Å². The number of hydroxylamine groups is 3. The number of quaternary nitrogens is 1. The molecule has 130 valence electrons. The first kappa shape index (κ1) is 23.3. The van der Waals surface area contributed by atoms with Crippen molar-refractivity contribution in [3.63, 3.8) is 0 Å². The lowest BCUT2D eigenvalue weighted by molar-refractivity contribution is -1.11. The summed E-state index contributed by atoms with van der Waals surface area (Å²) in [5, 5.41) is 0. The van der Waals surface area contributed by atoms with Crippen molar-refractivity contribution in [2.45, 2.75) is 98.5 Å². The molecule has 0 aliphatic carbocycles. The Bertz CT molecular complexity index is 186. The van der Waals surface area contributed by atoms with Crippen molar-refractivity contribution in [1.82, 2.24) is 0 Å². The Morgan fingerprint density at radius 3 is 1.33 bits per heavy atom. The highest BCUT2D eigenvalue weighted by Crippen LogP contribution is 2.21. The fourth-order valence-corrected chi connectivity index (χ4v) is 3.15. The lowest BCUT2D eigenvalue weighted by Gasteiger charge is -2.38. The van der Waals surface area contributed by atoms with Crippen molar-refractivity contribution in [2.24, 2.45) is 0 Å². The van der Waals surface area contributed by atoms with Gasteiger partial charge in [-0.05, 0) is 32.1 Å². The second-order valence-corrected chi connectivity index (χ2v) is 6.24. The molecule has 0 saturated carbocycles. The largest absolute Gasteiger partial charge is 0.200 e. The maximum Gasteiger partial charge on any atom is 0.117 e. The quantitative estimate of drug-likeness (QED) is 0.265. The van der Waals surface area contributed by atoms with Gasteiger partial charge in [0, 0.05) is 0 Å². The molecule has 0 aliphatic heterocycles. The van der Waals surface area contributed by atoms with Crippen LogP contribution < -0.4 is 0 Å². The number of unbranched alkanes of at least 4 members (excludes halogenated alkanes) is 2. The van der Waals surface area contributed by atoms with Crippen LogP contribution in [0.15, 0.2) is 0 Å². The normalized spacial score (nSPS) is 11.7. The van der Waals surface area contributed by atoms with E-state index in [1.54, 1.807) is 0 Å². The molecular weight excluding hydrogens is 257 g/mol. The zero-order valence-electron chi connectivity index (χ0n) is 14.9. The fourth-order valence-electron chi connectivity index (χ4n) is 3.15. The summed E-state index contributed by atoms with van der Waals surface area (Å²) in [6.45, 7) is 15.0. The molecule has 0 N–H and O–H groups in total. The van der Waals surface area contributed by atoms with Gasteiger partial charge in [-0.15, -0.1) is 0 Å². The first-order chi connectivity index (χ1) is 9.67. The minimum atomic E-state index is 0. The van der Waals surface area contributed by atoms with Gasteiger partial charge in [-0.25, -0.2) is 0 Å². The lowest BCUT2D eigenvalue weighted by Crippen LogP contribution is -2.51. The van der Waals surface area contributed by atoms with Gasteiger partial charge in [-0.1, -0.05) is 68.7 Å². The minimum Gasteiger partial charge on any atom is -0.200 e. The third-order valence-electron chi connectivity index (χ3n) is 4.03. The zero-order valence-corrected chi connectivity index (χ0v) is 14.9. The Kier molecular flexibility index (Phi) is 16.5. The van der Waals surface area contributed by atoms with Crippen molar-refractivity contribution < 1.29 is 9.48 Å². The average molecular weight is 301 g/mol. The van der Waals surface area contributed by atoms with Crippen LogP contribution in [0, 0.1) is 0 Å². The standard InChI is InChI=1S/C18H40NO.BH4/c1-6-11-13-18(14-12-7-2)20-19(15-8-3,16-9-4)17-10-5;/h18H,6-17H2,1-5H3;1H4/q+1;-1. The molecule has 3 heteroatoms. The average Bonchev–Trinajstić information content (AvgIpc) is 2.42. The van der Waals surface area contributed by atoms with Crippen molar-refractivity contribution in [2.75, 3.05) is 19.6 Å². The van der Waals surface area contributed by atoms with Crippen LogP contribution in [0.25, 0.3) is 0 Å². The molecule has 0 aliphatic rings. The molecule has 0 radical (unpaired) electrons. The van der Waals surface area contributed by atoms with Crippen LogP contribution in [0.1, 0.15) is 92.4 Å². The van der Waals surface area contributed by atoms with Crippen LogP contribution in [0.4, 0.5) is 0 Å². The van der Waals surface area contributed by atoms with E-state index in [1.165, 1.54) is 77.4 Å². The van der Waals surface area contributed by atoms with E-state index in [9.17, 15) is 0 Å². The summed E-state index contributed by atoms with van der Waals surface area (Å²) in [4.78, 5) is 6.70. The summed E-state index contributed by atoms with van der Waals surface area (Å²) in [6.07, 6.45) is 11.8. The van der Waals surface area contributed by atoms with Gasteiger partial charge in [-0.3, -0.25) is 0 Å². The monoisotopic (exact) mass is 301 g/mol. The topological polar surface area (TPSA) is 9.23 Å². The zero-order chi connectivity index (χ0) is 15.3. The van der Waals surface area contributed by atoms with Crippen LogP contribution >= 0.6 is 0 Å². The first-order valence-corrected chi connectivity index (χ1v) is 9.22. The van der Waals surface area contributed by atoms with Gasteiger partial charge in [0.15, 0.2) is 0 Å². The number of hydrogen-bond acceptors (Lipinski definition) is 1.